The number of rotatable bonds is 12. The zero-order valence-electron chi connectivity index (χ0n) is 23.5. The second-order valence-corrected chi connectivity index (χ2v) is 10.6. The van der Waals surface area contributed by atoms with E-state index in [0.717, 1.165) is 36.9 Å². The van der Waals surface area contributed by atoms with Crippen molar-refractivity contribution in [3.63, 3.8) is 0 Å². The number of carboxylic acid groups (broad SMARTS) is 1. The molecule has 1 fully saturated rings. The predicted octanol–water partition coefficient (Wildman–Crippen LogP) is 4.59. The molecule has 0 spiro atoms. The average molecular weight is 543 g/mol. The highest BCUT2D eigenvalue weighted by Gasteiger charge is 2.27. The van der Waals surface area contributed by atoms with Crippen molar-refractivity contribution in [1.29, 1.82) is 0 Å². The second-order valence-electron chi connectivity index (χ2n) is 10.6. The Morgan fingerprint density at radius 3 is 2.23 bits per heavy atom. The standard InChI is InChI=1S/C29H42N4O6/c1-19(2)15-20(16-26(34)30-18-27(35)36)31-29(37)22-17-23(28-24(38-3)13-10-14-25(28)39-4)33(32-22)21-11-8-6-5-7-9-12-21/h10,13-14,17,19-21H,5-9,11-12,15-16,18H2,1-4H3,(H,30,34)(H,31,37)(H,35,36)/t20-/m0/s1. The van der Waals surface area contributed by atoms with Gasteiger partial charge >= 0.3 is 5.97 Å². The van der Waals surface area contributed by atoms with Gasteiger partial charge in [0.25, 0.3) is 5.91 Å². The highest BCUT2D eigenvalue weighted by atomic mass is 16.5. The number of hydrogen-bond donors (Lipinski definition) is 3. The Balaban J connectivity index is 1.96. The van der Waals surface area contributed by atoms with Crippen molar-refractivity contribution in [3.8, 4) is 22.8 Å². The summed E-state index contributed by atoms with van der Waals surface area (Å²) in [4.78, 5) is 36.7. The Morgan fingerprint density at radius 2 is 1.67 bits per heavy atom. The molecule has 1 atom stereocenters. The molecule has 0 unspecified atom stereocenters. The van der Waals surface area contributed by atoms with Crippen LogP contribution in [-0.4, -0.2) is 59.5 Å². The lowest BCUT2D eigenvalue weighted by molar-refractivity contribution is -0.138. The number of carbonyl (C=O) groups is 3. The molecule has 1 saturated carbocycles. The number of nitrogens with zero attached hydrogens (tertiary/aromatic N) is 2. The number of carbonyl (C=O) groups excluding carboxylic acids is 2. The van der Waals surface area contributed by atoms with E-state index in [1.165, 1.54) is 19.3 Å². The third-order valence-electron chi connectivity index (χ3n) is 7.03. The van der Waals surface area contributed by atoms with Gasteiger partial charge in [0, 0.05) is 12.5 Å². The van der Waals surface area contributed by atoms with Crippen molar-refractivity contribution in [2.45, 2.75) is 83.7 Å². The predicted molar refractivity (Wildman–Crippen MR) is 148 cm³/mol. The van der Waals surface area contributed by atoms with Crippen LogP contribution in [0.3, 0.4) is 0 Å². The molecular weight excluding hydrogens is 500 g/mol. The van der Waals surface area contributed by atoms with Gasteiger partial charge in [-0.15, -0.1) is 0 Å². The molecule has 0 aliphatic heterocycles. The number of aliphatic carboxylic acids is 1. The molecule has 3 N–H and O–H groups in total. The van der Waals surface area contributed by atoms with Gasteiger partial charge in [0.2, 0.25) is 5.91 Å². The lowest BCUT2D eigenvalue weighted by atomic mass is 9.96. The first-order chi connectivity index (χ1) is 18.7. The zero-order chi connectivity index (χ0) is 28.4. The number of carboxylic acids is 1. The highest BCUT2D eigenvalue weighted by molar-refractivity contribution is 5.94. The van der Waals surface area contributed by atoms with E-state index in [-0.39, 0.29) is 30.0 Å². The Bertz CT molecular complexity index is 1100. The lowest BCUT2D eigenvalue weighted by Crippen LogP contribution is -2.41. The Hall–Kier alpha value is -3.56. The fraction of sp³-hybridized carbons (Fsp3) is 0.586. The summed E-state index contributed by atoms with van der Waals surface area (Å²) in [7, 11) is 3.21. The first-order valence-corrected chi connectivity index (χ1v) is 13.8. The molecule has 1 heterocycles. The van der Waals surface area contributed by atoms with Crippen molar-refractivity contribution in [2.24, 2.45) is 5.92 Å². The van der Waals surface area contributed by atoms with Crippen LogP contribution in [0, 0.1) is 5.92 Å². The van der Waals surface area contributed by atoms with Gasteiger partial charge in [0.1, 0.15) is 18.0 Å². The number of aromatic nitrogens is 2. The second kappa shape index (κ2) is 14.6. The van der Waals surface area contributed by atoms with Crippen molar-refractivity contribution < 1.29 is 29.0 Å². The van der Waals surface area contributed by atoms with Crippen LogP contribution in [0.15, 0.2) is 24.3 Å². The number of methoxy groups -OCH3 is 2. The van der Waals surface area contributed by atoms with Gasteiger partial charge in [-0.3, -0.25) is 19.1 Å². The first kappa shape index (κ1) is 30.0. The van der Waals surface area contributed by atoms with Gasteiger partial charge < -0.3 is 25.2 Å². The van der Waals surface area contributed by atoms with Gasteiger partial charge in [0.15, 0.2) is 5.69 Å². The molecule has 1 aliphatic rings. The van der Waals surface area contributed by atoms with Crippen LogP contribution >= 0.6 is 0 Å². The topological polar surface area (TPSA) is 132 Å². The van der Waals surface area contributed by atoms with E-state index in [9.17, 15) is 14.4 Å². The highest BCUT2D eigenvalue weighted by Crippen LogP contribution is 2.41. The van der Waals surface area contributed by atoms with E-state index >= 15 is 0 Å². The Labute approximate surface area is 230 Å². The molecule has 2 amide bonds. The van der Waals surface area contributed by atoms with E-state index in [2.05, 4.69) is 10.6 Å². The summed E-state index contributed by atoms with van der Waals surface area (Å²) in [5.74, 6) is -0.466. The summed E-state index contributed by atoms with van der Waals surface area (Å²) in [5, 5.41) is 19.0. The number of ether oxygens (including phenoxy) is 2. The van der Waals surface area contributed by atoms with Crippen LogP contribution in [0.5, 0.6) is 11.5 Å². The maximum absolute atomic E-state index is 13.5. The normalized spacial score (nSPS) is 15.2. The Morgan fingerprint density at radius 1 is 1.05 bits per heavy atom. The van der Waals surface area contributed by atoms with E-state index in [0.29, 0.717) is 17.9 Å². The molecule has 0 radical (unpaired) electrons. The van der Waals surface area contributed by atoms with E-state index in [4.69, 9.17) is 19.7 Å². The lowest BCUT2D eigenvalue weighted by Gasteiger charge is -2.23. The van der Waals surface area contributed by atoms with Crippen LogP contribution in [0.2, 0.25) is 0 Å². The molecular formula is C29H42N4O6. The SMILES string of the molecule is COc1cccc(OC)c1-c1cc(C(=O)N[C@H](CC(=O)NCC(=O)O)CC(C)C)nn1C1CCCCCCC1. The van der Waals surface area contributed by atoms with Crippen molar-refractivity contribution >= 4 is 17.8 Å². The van der Waals surface area contributed by atoms with Crippen LogP contribution in [0.25, 0.3) is 11.3 Å². The zero-order valence-corrected chi connectivity index (χ0v) is 23.5. The average Bonchev–Trinajstić information content (AvgIpc) is 3.31. The van der Waals surface area contributed by atoms with Crippen molar-refractivity contribution in [1.82, 2.24) is 20.4 Å². The Kier molecular flexibility index (Phi) is 11.2. The molecule has 2 aromatic rings. The maximum Gasteiger partial charge on any atom is 0.322 e. The third kappa shape index (κ3) is 8.46. The summed E-state index contributed by atoms with van der Waals surface area (Å²) in [6.45, 7) is 3.55. The monoisotopic (exact) mass is 542 g/mol. The largest absolute Gasteiger partial charge is 0.496 e. The minimum Gasteiger partial charge on any atom is -0.496 e. The molecule has 10 heteroatoms. The molecule has 1 aliphatic carbocycles. The first-order valence-electron chi connectivity index (χ1n) is 13.8. The van der Waals surface area contributed by atoms with E-state index in [1.807, 2.05) is 36.7 Å². The molecule has 0 saturated heterocycles. The summed E-state index contributed by atoms with van der Waals surface area (Å²) in [6.07, 6.45) is 8.26. The minimum absolute atomic E-state index is 0.0201. The van der Waals surface area contributed by atoms with Gasteiger partial charge in [-0.1, -0.05) is 52.0 Å². The molecule has 10 nitrogen and oxygen atoms in total. The number of amides is 2. The smallest absolute Gasteiger partial charge is 0.322 e. The molecule has 1 aromatic carbocycles. The summed E-state index contributed by atoms with van der Waals surface area (Å²) in [5.41, 5.74) is 1.74. The quantitative estimate of drug-likeness (QED) is 0.357. The van der Waals surface area contributed by atoms with Crippen LogP contribution in [0.4, 0.5) is 0 Å². The van der Waals surface area contributed by atoms with E-state index < -0.39 is 24.5 Å². The number of nitrogens with one attached hydrogen (secondary N) is 2. The maximum atomic E-state index is 13.5. The van der Waals surface area contributed by atoms with Gasteiger partial charge in [0.05, 0.1) is 31.5 Å². The van der Waals surface area contributed by atoms with Crippen molar-refractivity contribution in [2.75, 3.05) is 20.8 Å². The number of benzene rings is 1. The fourth-order valence-electron chi connectivity index (χ4n) is 5.25. The summed E-state index contributed by atoms with van der Waals surface area (Å²) < 4.78 is 13.3. The fourth-order valence-corrected chi connectivity index (χ4v) is 5.25. The van der Waals surface area contributed by atoms with Gasteiger partial charge in [-0.25, -0.2) is 0 Å². The summed E-state index contributed by atoms with van der Waals surface area (Å²) >= 11 is 0. The molecule has 3 rings (SSSR count). The number of hydrogen-bond acceptors (Lipinski definition) is 6. The molecule has 1 aromatic heterocycles. The van der Waals surface area contributed by atoms with Crippen LogP contribution < -0.4 is 20.1 Å². The van der Waals surface area contributed by atoms with E-state index in [1.54, 1.807) is 20.3 Å². The minimum atomic E-state index is -1.12. The van der Waals surface area contributed by atoms with Crippen LogP contribution in [0.1, 0.15) is 88.2 Å². The van der Waals surface area contributed by atoms with Crippen molar-refractivity contribution in [3.05, 3.63) is 30.0 Å². The summed E-state index contributed by atoms with van der Waals surface area (Å²) in [6, 6.07) is 7.01. The third-order valence-corrected chi connectivity index (χ3v) is 7.03. The molecule has 39 heavy (non-hydrogen) atoms. The molecule has 214 valence electrons. The van der Waals surface area contributed by atoms with Gasteiger partial charge in [-0.05, 0) is 43.4 Å². The van der Waals surface area contributed by atoms with Crippen LogP contribution in [-0.2, 0) is 9.59 Å². The molecule has 0 bridgehead atoms. The van der Waals surface area contributed by atoms with Gasteiger partial charge in [-0.2, -0.15) is 5.10 Å².